The summed E-state index contributed by atoms with van der Waals surface area (Å²) in [6, 6.07) is 0. The number of aliphatic hydroxyl groups is 1. The van der Waals surface area contributed by atoms with Gasteiger partial charge in [0.2, 0.25) is 0 Å². The highest BCUT2D eigenvalue weighted by Crippen LogP contribution is 2.12. The maximum Gasteiger partial charge on any atom is 0.191 e. The number of rotatable bonds is 2. The lowest BCUT2D eigenvalue weighted by Crippen LogP contribution is -2.21. The number of oxazole rings is 1. The second-order valence-electron chi connectivity index (χ2n) is 3.54. The molecule has 1 aliphatic heterocycles. The molecule has 13 heavy (non-hydrogen) atoms. The Morgan fingerprint density at radius 3 is 3.15 bits per heavy atom. The molecule has 72 valence electrons. The lowest BCUT2D eigenvalue weighted by atomic mass is 10.3. The van der Waals surface area contributed by atoms with Gasteiger partial charge in [-0.05, 0) is 6.42 Å². The molecule has 1 aliphatic rings. The highest BCUT2D eigenvalue weighted by Gasteiger charge is 2.20. The van der Waals surface area contributed by atoms with E-state index in [1.165, 1.54) is 0 Å². The molecule has 0 bridgehead atoms. The topological polar surface area (TPSA) is 49.5 Å². The van der Waals surface area contributed by atoms with Crippen molar-refractivity contribution >= 4 is 0 Å². The Labute approximate surface area is 77.2 Å². The highest BCUT2D eigenvalue weighted by atomic mass is 16.3. The maximum absolute atomic E-state index is 9.30. The van der Waals surface area contributed by atoms with E-state index < -0.39 is 0 Å². The van der Waals surface area contributed by atoms with Crippen molar-refractivity contribution in [2.75, 3.05) is 13.1 Å². The Balaban J connectivity index is 1.91. The van der Waals surface area contributed by atoms with Gasteiger partial charge < -0.3 is 9.52 Å². The summed E-state index contributed by atoms with van der Waals surface area (Å²) < 4.78 is 5.10. The number of aromatic nitrogens is 1. The molecule has 4 heteroatoms. The van der Waals surface area contributed by atoms with Crippen molar-refractivity contribution in [2.45, 2.75) is 26.0 Å². The molecule has 1 saturated heterocycles. The molecule has 2 rings (SSSR count). The van der Waals surface area contributed by atoms with Gasteiger partial charge in [-0.15, -0.1) is 0 Å². The van der Waals surface area contributed by atoms with Crippen LogP contribution in [0.1, 0.15) is 18.0 Å². The number of aryl methyl sites for hydroxylation is 1. The summed E-state index contributed by atoms with van der Waals surface area (Å²) in [7, 11) is 0. The smallest absolute Gasteiger partial charge is 0.191 e. The van der Waals surface area contributed by atoms with E-state index >= 15 is 0 Å². The zero-order chi connectivity index (χ0) is 9.26. The molecule has 0 aliphatic carbocycles. The van der Waals surface area contributed by atoms with Crippen LogP contribution in [0.25, 0.3) is 0 Å². The van der Waals surface area contributed by atoms with E-state index in [0.29, 0.717) is 5.89 Å². The summed E-state index contributed by atoms with van der Waals surface area (Å²) in [5, 5.41) is 9.30. The molecule has 0 saturated carbocycles. The van der Waals surface area contributed by atoms with Gasteiger partial charge in [0.1, 0.15) is 6.26 Å². The third-order valence-corrected chi connectivity index (χ3v) is 2.30. The first-order valence-corrected chi connectivity index (χ1v) is 4.55. The molecule has 2 heterocycles. The van der Waals surface area contributed by atoms with Crippen LogP contribution in [0.15, 0.2) is 10.7 Å². The van der Waals surface area contributed by atoms with Gasteiger partial charge >= 0.3 is 0 Å². The average molecular weight is 182 g/mol. The first kappa shape index (κ1) is 8.72. The summed E-state index contributed by atoms with van der Waals surface area (Å²) in [5.41, 5.74) is 0.951. The predicted molar refractivity (Wildman–Crippen MR) is 47.1 cm³/mol. The van der Waals surface area contributed by atoms with Crippen molar-refractivity contribution < 1.29 is 9.52 Å². The van der Waals surface area contributed by atoms with Gasteiger partial charge in [0.15, 0.2) is 5.89 Å². The average Bonchev–Trinajstić information content (AvgIpc) is 2.62. The SMILES string of the molecule is Cc1nc(CN2CC[C@H](O)C2)co1. The number of nitrogens with zero attached hydrogens (tertiary/aromatic N) is 2. The normalized spacial score (nSPS) is 24.0. The van der Waals surface area contributed by atoms with Crippen LogP contribution in [0.4, 0.5) is 0 Å². The van der Waals surface area contributed by atoms with Gasteiger partial charge in [0, 0.05) is 26.6 Å². The number of hydrogen-bond acceptors (Lipinski definition) is 4. The molecule has 0 radical (unpaired) electrons. The van der Waals surface area contributed by atoms with Gasteiger partial charge in [-0.2, -0.15) is 0 Å². The summed E-state index contributed by atoms with van der Waals surface area (Å²) in [4.78, 5) is 6.39. The van der Waals surface area contributed by atoms with Gasteiger partial charge in [-0.3, -0.25) is 4.90 Å². The van der Waals surface area contributed by atoms with Crippen molar-refractivity contribution in [2.24, 2.45) is 0 Å². The molecule has 0 amide bonds. The van der Waals surface area contributed by atoms with Gasteiger partial charge in [0.05, 0.1) is 11.8 Å². The molecule has 0 unspecified atom stereocenters. The lowest BCUT2D eigenvalue weighted by Gasteiger charge is -2.11. The van der Waals surface area contributed by atoms with Crippen LogP contribution in [0.5, 0.6) is 0 Å². The lowest BCUT2D eigenvalue weighted by molar-refractivity contribution is 0.174. The van der Waals surface area contributed by atoms with Crippen molar-refractivity contribution in [3.63, 3.8) is 0 Å². The first-order chi connectivity index (χ1) is 6.24. The fourth-order valence-corrected chi connectivity index (χ4v) is 1.67. The van der Waals surface area contributed by atoms with Crippen molar-refractivity contribution in [1.82, 2.24) is 9.88 Å². The van der Waals surface area contributed by atoms with Crippen LogP contribution in [0.3, 0.4) is 0 Å². The molecule has 4 nitrogen and oxygen atoms in total. The molecule has 1 aromatic rings. The third-order valence-electron chi connectivity index (χ3n) is 2.30. The van der Waals surface area contributed by atoms with Gasteiger partial charge in [0.25, 0.3) is 0 Å². The highest BCUT2D eigenvalue weighted by molar-refractivity contribution is 4.96. The van der Waals surface area contributed by atoms with E-state index in [1.807, 2.05) is 6.92 Å². The fraction of sp³-hybridized carbons (Fsp3) is 0.667. The molecule has 1 fully saturated rings. The van der Waals surface area contributed by atoms with E-state index in [1.54, 1.807) is 6.26 Å². The van der Waals surface area contributed by atoms with E-state index in [0.717, 1.165) is 31.7 Å². The van der Waals surface area contributed by atoms with E-state index in [2.05, 4.69) is 9.88 Å². The Morgan fingerprint density at radius 2 is 2.62 bits per heavy atom. The minimum Gasteiger partial charge on any atom is -0.449 e. The molecule has 1 atom stereocenters. The fourth-order valence-electron chi connectivity index (χ4n) is 1.67. The Kier molecular flexibility index (Phi) is 2.33. The summed E-state index contributed by atoms with van der Waals surface area (Å²) in [6.45, 7) is 4.33. The maximum atomic E-state index is 9.30. The quantitative estimate of drug-likeness (QED) is 0.725. The monoisotopic (exact) mass is 182 g/mol. The van der Waals surface area contributed by atoms with Crippen LogP contribution in [0, 0.1) is 6.92 Å². The Hall–Kier alpha value is -0.870. The summed E-state index contributed by atoms with van der Waals surface area (Å²) in [6.07, 6.45) is 2.39. The second-order valence-corrected chi connectivity index (χ2v) is 3.54. The zero-order valence-corrected chi connectivity index (χ0v) is 7.73. The molecule has 0 aromatic carbocycles. The van der Waals surface area contributed by atoms with Crippen LogP contribution < -0.4 is 0 Å². The largest absolute Gasteiger partial charge is 0.449 e. The van der Waals surface area contributed by atoms with Crippen LogP contribution in [-0.2, 0) is 6.54 Å². The van der Waals surface area contributed by atoms with Crippen LogP contribution in [0.2, 0.25) is 0 Å². The minimum absolute atomic E-state index is 0.159. The van der Waals surface area contributed by atoms with Gasteiger partial charge in [-0.25, -0.2) is 4.98 Å². The zero-order valence-electron chi connectivity index (χ0n) is 7.73. The molecule has 0 spiro atoms. The van der Waals surface area contributed by atoms with E-state index in [-0.39, 0.29) is 6.10 Å². The molecule has 1 aromatic heterocycles. The third kappa shape index (κ3) is 2.08. The Bertz CT molecular complexity index is 285. The number of aliphatic hydroxyl groups excluding tert-OH is 1. The van der Waals surface area contributed by atoms with Crippen molar-refractivity contribution in [3.8, 4) is 0 Å². The van der Waals surface area contributed by atoms with Crippen LogP contribution in [-0.4, -0.2) is 34.2 Å². The predicted octanol–water partition coefficient (Wildman–Crippen LogP) is 0.550. The van der Waals surface area contributed by atoms with Crippen molar-refractivity contribution in [3.05, 3.63) is 17.8 Å². The minimum atomic E-state index is -0.159. The standard InChI is InChI=1S/C9H14N2O2/c1-7-10-8(6-13-7)4-11-3-2-9(12)5-11/h6,9,12H,2-5H2,1H3/t9-/m0/s1. The number of likely N-dealkylation sites (tertiary alicyclic amines) is 1. The summed E-state index contributed by atoms with van der Waals surface area (Å²) in [5.74, 6) is 0.703. The van der Waals surface area contributed by atoms with E-state index in [4.69, 9.17) is 4.42 Å². The first-order valence-electron chi connectivity index (χ1n) is 4.55. The molecular weight excluding hydrogens is 168 g/mol. The van der Waals surface area contributed by atoms with Gasteiger partial charge in [-0.1, -0.05) is 0 Å². The summed E-state index contributed by atoms with van der Waals surface area (Å²) >= 11 is 0. The van der Waals surface area contributed by atoms with Crippen molar-refractivity contribution in [1.29, 1.82) is 0 Å². The number of hydrogen-bond donors (Lipinski definition) is 1. The Morgan fingerprint density at radius 1 is 1.77 bits per heavy atom. The second kappa shape index (κ2) is 3.47. The van der Waals surface area contributed by atoms with E-state index in [9.17, 15) is 5.11 Å². The number of β-amino-alcohol motifs (C(OH)–C–C–N with tert-alkyl or cyclic N) is 1. The van der Waals surface area contributed by atoms with Crippen LogP contribution >= 0.6 is 0 Å². The molecule has 1 N–H and O–H groups in total. The molecular formula is C9H14N2O2.